The molecule has 0 radical (unpaired) electrons. The third-order valence-corrected chi connectivity index (χ3v) is 5.42. The normalized spacial score (nSPS) is 20.9. The highest BCUT2D eigenvalue weighted by atomic mass is 32.2. The molecule has 1 aromatic rings. The van der Waals surface area contributed by atoms with Crippen LogP contribution in [0.4, 0.5) is 0 Å². The predicted octanol–water partition coefficient (Wildman–Crippen LogP) is 2.25. The number of rotatable bonds is 5. The van der Waals surface area contributed by atoms with Gasteiger partial charge >= 0.3 is 0 Å². The number of hydrogen-bond donors (Lipinski definition) is 1. The van der Waals surface area contributed by atoms with Crippen LogP contribution in [0.2, 0.25) is 0 Å². The van der Waals surface area contributed by atoms with Gasteiger partial charge in [0.2, 0.25) is 0 Å². The monoisotopic (exact) mass is 281 g/mol. The van der Waals surface area contributed by atoms with Crippen LogP contribution in [0.15, 0.2) is 5.03 Å². The molecule has 4 nitrogen and oxygen atoms in total. The summed E-state index contributed by atoms with van der Waals surface area (Å²) in [6.45, 7) is 4.90. The fourth-order valence-electron chi connectivity index (χ4n) is 2.52. The summed E-state index contributed by atoms with van der Waals surface area (Å²) in [5, 5.41) is 10.2. The number of thioether (sulfide) groups is 1. The molecule has 5 heteroatoms. The third kappa shape index (κ3) is 3.33. The van der Waals surface area contributed by atoms with E-state index in [0.717, 1.165) is 38.6 Å². The van der Waals surface area contributed by atoms with Crippen LogP contribution in [0.25, 0.3) is 0 Å². The Balaban J connectivity index is 1.69. The van der Waals surface area contributed by atoms with Crippen molar-refractivity contribution in [2.45, 2.75) is 55.5 Å². The summed E-state index contributed by atoms with van der Waals surface area (Å²) in [6.07, 6.45) is 4.98. The van der Waals surface area contributed by atoms with E-state index in [2.05, 4.69) is 29.1 Å². The van der Waals surface area contributed by atoms with Crippen LogP contribution in [0.5, 0.6) is 0 Å². The van der Waals surface area contributed by atoms with E-state index < -0.39 is 0 Å². The molecule has 19 heavy (non-hydrogen) atoms. The first-order valence-electron chi connectivity index (χ1n) is 7.24. The molecule has 0 bridgehead atoms. The SMILES string of the molecule is Cc1nn(C)c(SC2CCOCC2)c1CNC1CC1. The first-order valence-corrected chi connectivity index (χ1v) is 8.12. The topological polar surface area (TPSA) is 39.1 Å². The van der Waals surface area contributed by atoms with Crippen molar-refractivity contribution in [3.8, 4) is 0 Å². The van der Waals surface area contributed by atoms with E-state index in [-0.39, 0.29) is 0 Å². The molecule has 1 saturated heterocycles. The number of aromatic nitrogens is 2. The van der Waals surface area contributed by atoms with Crippen LogP contribution >= 0.6 is 11.8 Å². The lowest BCUT2D eigenvalue weighted by Crippen LogP contribution is -2.19. The van der Waals surface area contributed by atoms with Crippen LogP contribution in [0.3, 0.4) is 0 Å². The Morgan fingerprint density at radius 2 is 2.05 bits per heavy atom. The lowest BCUT2D eigenvalue weighted by molar-refractivity contribution is 0.1000. The Bertz CT molecular complexity index is 436. The second kappa shape index (κ2) is 5.85. The van der Waals surface area contributed by atoms with Crippen molar-refractivity contribution in [3.63, 3.8) is 0 Å². The standard InChI is InChI=1S/C14H23N3OS/c1-10-13(9-15-11-3-4-11)14(17(2)16-10)19-12-5-7-18-8-6-12/h11-12,15H,3-9H2,1-2H3. The molecule has 0 unspecified atom stereocenters. The Morgan fingerprint density at radius 1 is 1.32 bits per heavy atom. The maximum atomic E-state index is 5.44. The molecular weight excluding hydrogens is 258 g/mol. The largest absolute Gasteiger partial charge is 0.381 e. The fourth-order valence-corrected chi connectivity index (χ4v) is 3.82. The van der Waals surface area contributed by atoms with Crippen molar-refractivity contribution in [2.24, 2.45) is 7.05 Å². The summed E-state index contributed by atoms with van der Waals surface area (Å²) >= 11 is 1.99. The van der Waals surface area contributed by atoms with Gasteiger partial charge in [-0.1, -0.05) is 0 Å². The molecule has 1 aromatic heterocycles. The zero-order chi connectivity index (χ0) is 13.2. The summed E-state index contributed by atoms with van der Waals surface area (Å²) in [7, 11) is 2.06. The van der Waals surface area contributed by atoms with Crippen molar-refractivity contribution < 1.29 is 4.74 Å². The van der Waals surface area contributed by atoms with Gasteiger partial charge < -0.3 is 10.1 Å². The second-order valence-electron chi connectivity index (χ2n) is 5.58. The molecule has 0 atom stereocenters. The Kier molecular flexibility index (Phi) is 4.15. The highest BCUT2D eigenvalue weighted by Gasteiger charge is 2.24. The molecule has 2 heterocycles. The number of nitrogens with one attached hydrogen (secondary N) is 1. The molecule has 1 aliphatic carbocycles. The smallest absolute Gasteiger partial charge is 0.0987 e. The van der Waals surface area contributed by atoms with Crippen molar-refractivity contribution in [2.75, 3.05) is 13.2 Å². The minimum atomic E-state index is 0.684. The fraction of sp³-hybridized carbons (Fsp3) is 0.786. The van der Waals surface area contributed by atoms with E-state index in [1.165, 1.54) is 29.1 Å². The van der Waals surface area contributed by atoms with Crippen molar-refractivity contribution in [1.82, 2.24) is 15.1 Å². The van der Waals surface area contributed by atoms with Crippen molar-refractivity contribution in [3.05, 3.63) is 11.3 Å². The van der Waals surface area contributed by atoms with Gasteiger partial charge in [0.1, 0.15) is 0 Å². The van der Waals surface area contributed by atoms with E-state index in [1.54, 1.807) is 0 Å². The predicted molar refractivity (Wildman–Crippen MR) is 77.5 cm³/mol. The van der Waals surface area contributed by atoms with Gasteiger partial charge in [-0.3, -0.25) is 4.68 Å². The van der Waals surface area contributed by atoms with Crippen LogP contribution < -0.4 is 5.32 Å². The molecule has 0 spiro atoms. The Labute approximate surface area is 119 Å². The molecule has 106 valence electrons. The maximum absolute atomic E-state index is 5.44. The first-order chi connectivity index (χ1) is 9.24. The average molecular weight is 281 g/mol. The highest BCUT2D eigenvalue weighted by Crippen LogP contribution is 2.33. The summed E-state index contributed by atoms with van der Waals surface area (Å²) in [6, 6.07) is 0.750. The average Bonchev–Trinajstić information content (AvgIpc) is 3.18. The van der Waals surface area contributed by atoms with Gasteiger partial charge in [0.25, 0.3) is 0 Å². The first kappa shape index (κ1) is 13.5. The molecule has 3 rings (SSSR count). The van der Waals surface area contributed by atoms with Crippen LogP contribution in [-0.2, 0) is 18.3 Å². The zero-order valence-corrected chi connectivity index (χ0v) is 12.6. The highest BCUT2D eigenvalue weighted by molar-refractivity contribution is 7.99. The minimum absolute atomic E-state index is 0.684. The zero-order valence-electron chi connectivity index (χ0n) is 11.8. The molecule has 1 saturated carbocycles. The van der Waals surface area contributed by atoms with Crippen LogP contribution in [-0.4, -0.2) is 34.3 Å². The van der Waals surface area contributed by atoms with Gasteiger partial charge in [0.15, 0.2) is 0 Å². The maximum Gasteiger partial charge on any atom is 0.0987 e. The van der Waals surface area contributed by atoms with Gasteiger partial charge in [-0.05, 0) is 32.6 Å². The summed E-state index contributed by atoms with van der Waals surface area (Å²) in [5.74, 6) is 0. The summed E-state index contributed by atoms with van der Waals surface area (Å²) in [4.78, 5) is 0. The lowest BCUT2D eigenvalue weighted by Gasteiger charge is -2.22. The number of nitrogens with zero attached hydrogens (tertiary/aromatic N) is 2. The van der Waals surface area contributed by atoms with Gasteiger partial charge in [-0.25, -0.2) is 0 Å². The molecular formula is C14H23N3OS. The Hall–Kier alpha value is -0.520. The molecule has 2 aliphatic rings. The number of hydrogen-bond acceptors (Lipinski definition) is 4. The van der Waals surface area contributed by atoms with Crippen molar-refractivity contribution >= 4 is 11.8 Å². The van der Waals surface area contributed by atoms with E-state index >= 15 is 0 Å². The van der Waals surface area contributed by atoms with E-state index in [0.29, 0.717) is 5.25 Å². The number of ether oxygens (including phenoxy) is 1. The van der Waals surface area contributed by atoms with Crippen LogP contribution in [0, 0.1) is 6.92 Å². The second-order valence-corrected chi connectivity index (χ2v) is 6.87. The Morgan fingerprint density at radius 3 is 2.74 bits per heavy atom. The molecule has 1 aliphatic heterocycles. The quantitative estimate of drug-likeness (QED) is 0.898. The van der Waals surface area contributed by atoms with Crippen molar-refractivity contribution in [1.29, 1.82) is 0 Å². The summed E-state index contributed by atoms with van der Waals surface area (Å²) < 4.78 is 7.50. The van der Waals surface area contributed by atoms with Gasteiger partial charge in [-0.15, -0.1) is 11.8 Å². The van der Waals surface area contributed by atoms with Gasteiger partial charge in [-0.2, -0.15) is 5.10 Å². The van der Waals surface area contributed by atoms with E-state index in [9.17, 15) is 0 Å². The summed E-state index contributed by atoms with van der Waals surface area (Å²) in [5.41, 5.74) is 2.57. The minimum Gasteiger partial charge on any atom is -0.381 e. The molecule has 0 aromatic carbocycles. The van der Waals surface area contributed by atoms with Crippen LogP contribution in [0.1, 0.15) is 36.9 Å². The number of aryl methyl sites for hydroxylation is 2. The molecule has 1 N–H and O–H groups in total. The van der Waals surface area contributed by atoms with Gasteiger partial charge in [0.05, 0.1) is 10.7 Å². The lowest BCUT2D eigenvalue weighted by atomic mass is 10.2. The molecule has 0 amide bonds. The van der Waals surface area contributed by atoms with E-state index in [4.69, 9.17) is 4.74 Å². The molecule has 2 fully saturated rings. The van der Waals surface area contributed by atoms with E-state index in [1.807, 2.05) is 11.8 Å². The third-order valence-electron chi connectivity index (χ3n) is 3.88. The van der Waals surface area contributed by atoms with Gasteiger partial charge in [0, 0.05) is 43.7 Å².